The van der Waals surface area contributed by atoms with Crippen LogP contribution < -0.4 is 15.0 Å². The molecule has 8 nitrogen and oxygen atoms in total. The number of nitrogens with zero attached hydrogens (tertiary/aromatic N) is 3. The van der Waals surface area contributed by atoms with Crippen LogP contribution in [0.15, 0.2) is 77.0 Å². The molecule has 2 N–H and O–H groups in total. The molecule has 37 heavy (non-hydrogen) atoms. The number of aromatic hydroxyl groups is 1. The summed E-state index contributed by atoms with van der Waals surface area (Å²) in [4.78, 5) is 19.8. The topological polar surface area (TPSA) is 101 Å². The summed E-state index contributed by atoms with van der Waals surface area (Å²) in [6.07, 6.45) is 0.843. The van der Waals surface area contributed by atoms with Crippen LogP contribution >= 0.6 is 0 Å². The fourth-order valence-electron chi connectivity index (χ4n) is 4.54. The number of amides is 2. The van der Waals surface area contributed by atoms with E-state index in [2.05, 4.69) is 17.4 Å². The Morgan fingerprint density at radius 2 is 1.86 bits per heavy atom. The van der Waals surface area contributed by atoms with Crippen LogP contribution in [0.1, 0.15) is 42.5 Å². The first kappa shape index (κ1) is 24.1. The largest absolute Gasteiger partial charge is 0.504 e. The number of ether oxygens (including phenoxy) is 1. The van der Waals surface area contributed by atoms with E-state index in [0.29, 0.717) is 28.4 Å². The van der Waals surface area contributed by atoms with Gasteiger partial charge in [0.2, 0.25) is 5.82 Å². The second-order valence-corrected chi connectivity index (χ2v) is 8.96. The van der Waals surface area contributed by atoms with E-state index < -0.39 is 6.04 Å². The number of aromatic nitrogens is 2. The van der Waals surface area contributed by atoms with Crippen LogP contribution in [0.3, 0.4) is 0 Å². The normalized spacial score (nSPS) is 15.6. The number of methoxy groups -OCH3 is 1. The van der Waals surface area contributed by atoms with Gasteiger partial charge in [0.1, 0.15) is 0 Å². The number of rotatable bonds is 6. The van der Waals surface area contributed by atoms with Gasteiger partial charge in [-0.15, -0.1) is 0 Å². The lowest BCUT2D eigenvalue weighted by molar-refractivity contribution is 0.244. The van der Waals surface area contributed by atoms with Crippen LogP contribution in [-0.2, 0) is 6.42 Å². The van der Waals surface area contributed by atoms with E-state index in [4.69, 9.17) is 14.2 Å². The van der Waals surface area contributed by atoms with E-state index in [1.807, 2.05) is 62.4 Å². The molecule has 5 rings (SSSR count). The molecule has 0 aliphatic carbocycles. The molecule has 8 heteroatoms. The Kier molecular flexibility index (Phi) is 6.40. The number of nitrogens with one attached hydrogen (secondary N) is 1. The van der Waals surface area contributed by atoms with Crippen molar-refractivity contribution in [3.8, 4) is 22.9 Å². The highest BCUT2D eigenvalue weighted by Gasteiger charge is 2.37. The van der Waals surface area contributed by atoms with E-state index in [9.17, 15) is 9.90 Å². The average Bonchev–Trinajstić information content (AvgIpc) is 3.38. The van der Waals surface area contributed by atoms with Crippen molar-refractivity contribution >= 4 is 17.3 Å². The minimum atomic E-state index is -0.638. The van der Waals surface area contributed by atoms with E-state index in [1.54, 1.807) is 23.1 Å². The zero-order chi connectivity index (χ0) is 26.1. The summed E-state index contributed by atoms with van der Waals surface area (Å²) >= 11 is 0. The van der Waals surface area contributed by atoms with Crippen molar-refractivity contribution < 1.29 is 19.2 Å². The van der Waals surface area contributed by atoms with Gasteiger partial charge in [-0.05, 0) is 55.7 Å². The standard InChI is InChI=1S/C29H28N4O4/c1-5-19-7-6-8-22(15-19)33-18(3)25(28-31-27(32-37-28)20-11-9-17(2)10-12-20)26(30-29(33)35)21-13-14-24(36-4)23(34)16-21/h6-16,26,34H,5H2,1-4H3,(H,30,35). The molecule has 2 amide bonds. The lowest BCUT2D eigenvalue weighted by Crippen LogP contribution is -2.46. The van der Waals surface area contributed by atoms with Gasteiger partial charge in [-0.25, -0.2) is 4.79 Å². The summed E-state index contributed by atoms with van der Waals surface area (Å²) < 4.78 is 11.0. The number of allylic oxidation sites excluding steroid dienone is 1. The Hall–Kier alpha value is -4.59. The van der Waals surface area contributed by atoms with Gasteiger partial charge in [0.25, 0.3) is 5.89 Å². The van der Waals surface area contributed by atoms with Crippen LogP contribution in [0.4, 0.5) is 10.5 Å². The van der Waals surface area contributed by atoms with Crippen LogP contribution in [0.5, 0.6) is 11.5 Å². The molecule has 3 aromatic carbocycles. The molecular formula is C29H28N4O4. The minimum Gasteiger partial charge on any atom is -0.504 e. The second kappa shape index (κ2) is 9.81. The first-order valence-corrected chi connectivity index (χ1v) is 12.1. The molecule has 0 fully saturated rings. The lowest BCUT2D eigenvalue weighted by atomic mass is 9.94. The van der Waals surface area contributed by atoms with Crippen LogP contribution in [0, 0.1) is 6.92 Å². The fourth-order valence-corrected chi connectivity index (χ4v) is 4.54. The van der Waals surface area contributed by atoms with E-state index in [0.717, 1.165) is 28.8 Å². The van der Waals surface area contributed by atoms with Crippen molar-refractivity contribution in [3.63, 3.8) is 0 Å². The third-order valence-electron chi connectivity index (χ3n) is 6.56. The second-order valence-electron chi connectivity index (χ2n) is 8.96. The Bertz CT molecular complexity index is 1490. The highest BCUT2D eigenvalue weighted by molar-refractivity contribution is 6.01. The Labute approximate surface area is 215 Å². The van der Waals surface area contributed by atoms with Crippen molar-refractivity contribution in [1.82, 2.24) is 15.5 Å². The number of benzene rings is 3. The van der Waals surface area contributed by atoms with Gasteiger partial charge >= 0.3 is 6.03 Å². The number of urea groups is 1. The molecule has 0 radical (unpaired) electrons. The number of carbonyl (C=O) groups is 1. The fraction of sp³-hybridized carbons (Fsp3) is 0.207. The summed E-state index contributed by atoms with van der Waals surface area (Å²) in [7, 11) is 1.49. The summed E-state index contributed by atoms with van der Waals surface area (Å²) in [5.41, 5.74) is 5.74. The third-order valence-corrected chi connectivity index (χ3v) is 6.56. The van der Waals surface area contributed by atoms with Crippen LogP contribution in [-0.4, -0.2) is 28.4 Å². The molecule has 2 heterocycles. The molecule has 1 aliphatic heterocycles. The molecule has 1 aliphatic rings. The van der Waals surface area contributed by atoms with Gasteiger partial charge in [0.05, 0.1) is 24.4 Å². The minimum absolute atomic E-state index is 0.0322. The zero-order valence-corrected chi connectivity index (χ0v) is 21.1. The maximum absolute atomic E-state index is 13.5. The molecular weight excluding hydrogens is 468 g/mol. The quantitative estimate of drug-likeness (QED) is 0.338. The van der Waals surface area contributed by atoms with E-state index in [-0.39, 0.29) is 17.7 Å². The predicted molar refractivity (Wildman–Crippen MR) is 141 cm³/mol. The number of phenols is 1. The summed E-state index contributed by atoms with van der Waals surface area (Å²) in [5, 5.41) is 17.7. The Balaban J connectivity index is 1.66. The Morgan fingerprint density at radius 1 is 1.08 bits per heavy atom. The molecule has 1 unspecified atom stereocenters. The SMILES string of the molecule is CCc1cccc(N2C(=O)NC(c3ccc(OC)c(O)c3)C(c3nc(-c4ccc(C)cc4)no3)=C2C)c1. The molecule has 0 bridgehead atoms. The molecule has 0 spiro atoms. The summed E-state index contributed by atoms with van der Waals surface area (Å²) in [5.74, 6) is 1.04. The first-order chi connectivity index (χ1) is 17.9. The summed E-state index contributed by atoms with van der Waals surface area (Å²) in [6, 6.07) is 19.8. The molecule has 0 saturated carbocycles. The van der Waals surface area contributed by atoms with Crippen molar-refractivity contribution in [2.75, 3.05) is 12.0 Å². The summed E-state index contributed by atoms with van der Waals surface area (Å²) in [6.45, 7) is 5.95. The molecule has 1 aromatic heterocycles. The van der Waals surface area contributed by atoms with Gasteiger partial charge in [-0.3, -0.25) is 4.90 Å². The van der Waals surface area contributed by atoms with Gasteiger partial charge < -0.3 is 19.7 Å². The van der Waals surface area contributed by atoms with Gasteiger partial charge in [0.15, 0.2) is 11.5 Å². The molecule has 0 saturated heterocycles. The van der Waals surface area contributed by atoms with Crippen molar-refractivity contribution in [2.45, 2.75) is 33.2 Å². The smallest absolute Gasteiger partial charge is 0.326 e. The predicted octanol–water partition coefficient (Wildman–Crippen LogP) is 6.02. The van der Waals surface area contributed by atoms with E-state index in [1.165, 1.54) is 7.11 Å². The molecule has 188 valence electrons. The number of carbonyl (C=O) groups excluding carboxylic acids is 1. The van der Waals surface area contributed by atoms with Gasteiger partial charge in [-0.2, -0.15) is 4.98 Å². The van der Waals surface area contributed by atoms with Gasteiger partial charge in [-0.1, -0.05) is 60.1 Å². The van der Waals surface area contributed by atoms with Crippen molar-refractivity contribution in [1.29, 1.82) is 0 Å². The van der Waals surface area contributed by atoms with Gasteiger partial charge in [0, 0.05) is 11.3 Å². The maximum Gasteiger partial charge on any atom is 0.326 e. The Morgan fingerprint density at radius 3 is 2.57 bits per heavy atom. The maximum atomic E-state index is 13.5. The molecule has 1 atom stereocenters. The number of phenolic OH excluding ortho intramolecular Hbond substituents is 1. The monoisotopic (exact) mass is 496 g/mol. The highest BCUT2D eigenvalue weighted by Crippen LogP contribution is 2.41. The third kappa shape index (κ3) is 4.53. The van der Waals surface area contributed by atoms with Crippen LogP contribution in [0.2, 0.25) is 0 Å². The van der Waals surface area contributed by atoms with Crippen molar-refractivity contribution in [3.05, 3.63) is 95.0 Å². The lowest BCUT2D eigenvalue weighted by Gasteiger charge is -2.35. The number of aryl methyl sites for hydroxylation is 2. The molecule has 4 aromatic rings. The number of anilines is 1. The van der Waals surface area contributed by atoms with Crippen molar-refractivity contribution in [2.24, 2.45) is 0 Å². The zero-order valence-electron chi connectivity index (χ0n) is 21.1. The first-order valence-electron chi connectivity index (χ1n) is 12.1. The highest BCUT2D eigenvalue weighted by atomic mass is 16.5. The average molecular weight is 497 g/mol. The van der Waals surface area contributed by atoms with Crippen LogP contribution in [0.25, 0.3) is 17.0 Å². The number of hydrogen-bond donors (Lipinski definition) is 2. The van der Waals surface area contributed by atoms with E-state index >= 15 is 0 Å². The number of hydrogen-bond acceptors (Lipinski definition) is 6.